The molecule has 1 aromatic heterocycles. The molecule has 2 aromatic carbocycles. The maximum atomic E-state index is 14.6. The van der Waals surface area contributed by atoms with Gasteiger partial charge in [0.1, 0.15) is 11.1 Å². The Kier molecular flexibility index (Phi) is 8.24. The quantitative estimate of drug-likeness (QED) is 0.231. The molecule has 5 rings (SSSR count). The summed E-state index contributed by atoms with van der Waals surface area (Å²) in [6.45, 7) is 7.05. The van der Waals surface area contributed by atoms with Gasteiger partial charge in [-0.15, -0.1) is 23.4 Å². The van der Waals surface area contributed by atoms with E-state index >= 15 is 0 Å². The number of benzene rings is 2. The van der Waals surface area contributed by atoms with Crippen molar-refractivity contribution in [2.24, 2.45) is 0 Å². The number of aromatic nitrogens is 1. The number of alkyl halides is 1. The summed E-state index contributed by atoms with van der Waals surface area (Å²) in [5, 5.41) is 0.121. The van der Waals surface area contributed by atoms with E-state index in [0.29, 0.717) is 12.1 Å². The van der Waals surface area contributed by atoms with Crippen LogP contribution in [0.15, 0.2) is 59.6 Å². The minimum absolute atomic E-state index is 0.0254. The Morgan fingerprint density at radius 3 is 2.54 bits per heavy atom. The van der Waals surface area contributed by atoms with Gasteiger partial charge in [0, 0.05) is 40.5 Å². The first kappa shape index (κ1) is 26.7. The fourth-order valence-corrected chi connectivity index (χ4v) is 8.41. The molecule has 1 amide bonds. The number of amides is 1. The maximum Gasteiger partial charge on any atom is 0.238 e. The molecule has 3 nitrogen and oxygen atoms in total. The molecule has 1 saturated carbocycles. The molecule has 0 N–H and O–H groups in total. The van der Waals surface area contributed by atoms with Crippen LogP contribution in [0.2, 0.25) is 0 Å². The molecule has 2 heterocycles. The third-order valence-electron chi connectivity index (χ3n) is 7.50. The Balaban J connectivity index is 1.50. The lowest BCUT2D eigenvalue weighted by Crippen LogP contribution is -2.46. The van der Waals surface area contributed by atoms with Gasteiger partial charge < -0.3 is 4.90 Å². The Bertz CT molecular complexity index is 1280. The second-order valence-corrected chi connectivity index (χ2v) is 14.2. The number of hydrogen-bond acceptors (Lipinski definition) is 3. The standard InChI is InChI=1S/C30H33ClFN2OPS/c1-19-12-13-21(17-33-19)20-14-15-25(36(2)3)22(16-20)18-34(23-8-5-4-6-9-23)30(35)29-28(31)27-24(32)10-7-11-26(27)37-29/h7,10-17,23,28-29H,4-6,8-9,18H2,1-3H3. The highest BCUT2D eigenvalue weighted by molar-refractivity contribution is 8.01. The van der Waals surface area contributed by atoms with Crippen LogP contribution in [0.5, 0.6) is 0 Å². The topological polar surface area (TPSA) is 33.2 Å². The average Bonchev–Trinajstić information content (AvgIpc) is 3.25. The van der Waals surface area contributed by atoms with Crippen LogP contribution in [-0.2, 0) is 11.3 Å². The fraction of sp³-hybridized carbons (Fsp3) is 0.400. The summed E-state index contributed by atoms with van der Waals surface area (Å²) in [6, 6.07) is 15.9. The van der Waals surface area contributed by atoms with Crippen LogP contribution in [0, 0.1) is 12.7 Å². The lowest BCUT2D eigenvalue weighted by atomic mass is 9.93. The van der Waals surface area contributed by atoms with Crippen LogP contribution in [0.3, 0.4) is 0 Å². The SMILES string of the molecule is Cc1ccc(-c2ccc(P(C)C)c(CN(C(=O)C3Sc4cccc(F)c4C3Cl)C3CCCCC3)c2)cn1. The van der Waals surface area contributed by atoms with Gasteiger partial charge in [-0.25, -0.2) is 4.39 Å². The van der Waals surface area contributed by atoms with Gasteiger partial charge in [-0.05, 0) is 73.8 Å². The monoisotopic (exact) mass is 554 g/mol. The van der Waals surface area contributed by atoms with Crippen LogP contribution < -0.4 is 5.30 Å². The number of rotatable bonds is 6. The van der Waals surface area contributed by atoms with E-state index in [9.17, 15) is 9.18 Å². The molecule has 1 aliphatic carbocycles. The normalized spacial score (nSPS) is 19.7. The van der Waals surface area contributed by atoms with E-state index in [2.05, 4.69) is 47.5 Å². The number of nitrogens with zero attached hydrogens (tertiary/aromatic N) is 2. The van der Waals surface area contributed by atoms with Crippen LogP contribution in [0.4, 0.5) is 4.39 Å². The van der Waals surface area contributed by atoms with Crippen molar-refractivity contribution < 1.29 is 9.18 Å². The summed E-state index contributed by atoms with van der Waals surface area (Å²) >= 11 is 8.20. The van der Waals surface area contributed by atoms with Crippen molar-refractivity contribution in [3.05, 3.63) is 77.4 Å². The lowest BCUT2D eigenvalue weighted by molar-refractivity contribution is -0.134. The largest absolute Gasteiger partial charge is 0.334 e. The molecule has 0 spiro atoms. The van der Waals surface area contributed by atoms with Crippen LogP contribution in [-0.4, -0.2) is 40.4 Å². The zero-order chi connectivity index (χ0) is 26.1. The molecule has 2 atom stereocenters. The van der Waals surface area contributed by atoms with E-state index in [-0.39, 0.29) is 25.7 Å². The first-order chi connectivity index (χ1) is 17.8. The zero-order valence-electron chi connectivity index (χ0n) is 21.6. The lowest BCUT2D eigenvalue weighted by Gasteiger charge is -2.37. The predicted molar refractivity (Wildman–Crippen MR) is 155 cm³/mol. The molecule has 0 radical (unpaired) electrons. The van der Waals surface area contributed by atoms with Gasteiger partial charge in [0.15, 0.2) is 0 Å². The number of fused-ring (bicyclic) bond motifs is 1. The van der Waals surface area contributed by atoms with Gasteiger partial charge >= 0.3 is 0 Å². The Hall–Kier alpha value is -1.94. The molecular weight excluding hydrogens is 522 g/mol. The van der Waals surface area contributed by atoms with E-state index in [1.165, 1.54) is 35.1 Å². The van der Waals surface area contributed by atoms with Gasteiger partial charge in [-0.1, -0.05) is 51.4 Å². The van der Waals surface area contributed by atoms with E-state index in [0.717, 1.165) is 47.4 Å². The second kappa shape index (κ2) is 11.4. The van der Waals surface area contributed by atoms with Crippen molar-refractivity contribution >= 4 is 42.5 Å². The third-order valence-corrected chi connectivity index (χ3v) is 10.9. The molecule has 1 aliphatic heterocycles. The molecule has 1 fully saturated rings. The van der Waals surface area contributed by atoms with Crippen molar-refractivity contribution in [2.45, 2.75) is 67.1 Å². The minimum atomic E-state index is -0.668. The van der Waals surface area contributed by atoms with E-state index < -0.39 is 10.6 Å². The smallest absolute Gasteiger partial charge is 0.238 e. The highest BCUT2D eigenvalue weighted by Crippen LogP contribution is 2.49. The van der Waals surface area contributed by atoms with Crippen LogP contribution in [0.25, 0.3) is 11.1 Å². The highest BCUT2D eigenvalue weighted by atomic mass is 35.5. The molecule has 2 unspecified atom stereocenters. The predicted octanol–water partition coefficient (Wildman–Crippen LogP) is 7.68. The van der Waals surface area contributed by atoms with E-state index in [1.807, 2.05) is 25.3 Å². The first-order valence-electron chi connectivity index (χ1n) is 13.0. The first-order valence-corrected chi connectivity index (χ1v) is 16.5. The molecule has 2 aliphatic rings. The molecule has 7 heteroatoms. The maximum absolute atomic E-state index is 14.6. The number of pyridine rings is 1. The summed E-state index contributed by atoms with van der Waals surface area (Å²) in [6.07, 6.45) is 7.38. The molecule has 3 aromatic rings. The van der Waals surface area contributed by atoms with Crippen molar-refractivity contribution in [1.82, 2.24) is 9.88 Å². The van der Waals surface area contributed by atoms with E-state index in [4.69, 9.17) is 11.6 Å². The Labute approximate surface area is 230 Å². The molecule has 194 valence electrons. The van der Waals surface area contributed by atoms with Gasteiger partial charge in [0.2, 0.25) is 5.91 Å². The number of thioether (sulfide) groups is 1. The Morgan fingerprint density at radius 1 is 1.11 bits per heavy atom. The van der Waals surface area contributed by atoms with Gasteiger partial charge in [-0.3, -0.25) is 9.78 Å². The van der Waals surface area contributed by atoms with Gasteiger partial charge in [-0.2, -0.15) is 0 Å². The van der Waals surface area contributed by atoms with Crippen LogP contribution >= 0.6 is 31.3 Å². The van der Waals surface area contributed by atoms with Crippen molar-refractivity contribution in [3.8, 4) is 11.1 Å². The number of carbonyl (C=O) groups is 1. The summed E-state index contributed by atoms with van der Waals surface area (Å²) < 4.78 is 14.6. The number of carbonyl (C=O) groups excluding carboxylic acids is 1. The van der Waals surface area contributed by atoms with Crippen molar-refractivity contribution in [1.29, 1.82) is 0 Å². The molecular formula is C30H33ClFN2OPS. The zero-order valence-corrected chi connectivity index (χ0v) is 24.1. The number of halogens is 2. The van der Waals surface area contributed by atoms with E-state index in [1.54, 1.807) is 6.07 Å². The Morgan fingerprint density at radius 2 is 1.86 bits per heavy atom. The van der Waals surface area contributed by atoms with Crippen molar-refractivity contribution in [2.75, 3.05) is 13.3 Å². The summed E-state index contributed by atoms with van der Waals surface area (Å²) in [4.78, 5) is 21.5. The highest BCUT2D eigenvalue weighted by Gasteiger charge is 2.42. The molecule has 0 saturated heterocycles. The van der Waals surface area contributed by atoms with Crippen LogP contribution in [0.1, 0.15) is 54.3 Å². The number of aryl methyl sites for hydroxylation is 1. The summed E-state index contributed by atoms with van der Waals surface area (Å²) in [7, 11) is -0.366. The summed E-state index contributed by atoms with van der Waals surface area (Å²) in [5.41, 5.74) is 4.83. The third kappa shape index (κ3) is 5.60. The fourth-order valence-electron chi connectivity index (χ4n) is 5.50. The minimum Gasteiger partial charge on any atom is -0.334 e. The van der Waals surface area contributed by atoms with Gasteiger partial charge in [0.05, 0.1) is 5.38 Å². The average molecular weight is 555 g/mol. The molecule has 37 heavy (non-hydrogen) atoms. The van der Waals surface area contributed by atoms with Crippen molar-refractivity contribution in [3.63, 3.8) is 0 Å². The number of hydrogen-bond donors (Lipinski definition) is 0. The second-order valence-electron chi connectivity index (χ2n) is 10.3. The molecule has 0 bridgehead atoms. The summed E-state index contributed by atoms with van der Waals surface area (Å²) in [5.74, 6) is -0.300. The van der Waals surface area contributed by atoms with Gasteiger partial charge in [0.25, 0.3) is 0 Å².